The molecule has 150 valence electrons. The molecule has 2 aromatic heterocycles. The van der Waals surface area contributed by atoms with Gasteiger partial charge in [0.2, 0.25) is 11.7 Å². The maximum absolute atomic E-state index is 13.4. The number of aromatic nitrogens is 4. The molecule has 1 aliphatic heterocycles. The highest BCUT2D eigenvalue weighted by atomic mass is 19.1. The average Bonchev–Trinajstić information content (AvgIpc) is 3.20. The van der Waals surface area contributed by atoms with Crippen LogP contribution in [0.25, 0.3) is 17.1 Å². The number of amides is 1. The van der Waals surface area contributed by atoms with Crippen molar-refractivity contribution in [1.29, 1.82) is 0 Å². The van der Waals surface area contributed by atoms with Crippen LogP contribution in [0.15, 0.2) is 42.6 Å². The van der Waals surface area contributed by atoms with E-state index in [9.17, 15) is 9.18 Å². The summed E-state index contributed by atoms with van der Waals surface area (Å²) >= 11 is 0. The van der Waals surface area contributed by atoms with E-state index in [0.29, 0.717) is 36.0 Å². The van der Waals surface area contributed by atoms with Crippen molar-refractivity contribution in [3.8, 4) is 23.0 Å². The molecule has 3 heterocycles. The largest absolute Gasteiger partial charge is 0.481 e. The molecule has 0 N–H and O–H groups in total. The zero-order valence-electron chi connectivity index (χ0n) is 16.2. The van der Waals surface area contributed by atoms with Crippen LogP contribution < -0.4 is 4.74 Å². The minimum absolute atomic E-state index is 0.102. The van der Waals surface area contributed by atoms with Crippen molar-refractivity contribution in [2.45, 2.75) is 0 Å². The molecule has 1 fully saturated rings. The second kappa shape index (κ2) is 7.96. The van der Waals surface area contributed by atoms with E-state index in [2.05, 4.69) is 20.0 Å². The fraction of sp³-hybridized carbons (Fsp3) is 0.300. The van der Waals surface area contributed by atoms with Crippen molar-refractivity contribution in [2.24, 2.45) is 0 Å². The van der Waals surface area contributed by atoms with Gasteiger partial charge in [0, 0.05) is 37.8 Å². The number of likely N-dealkylation sites (N-methyl/N-ethyl adjacent to an activating group) is 1. The Morgan fingerprint density at radius 3 is 2.41 bits per heavy atom. The van der Waals surface area contributed by atoms with Crippen LogP contribution in [-0.2, 0) is 0 Å². The Bertz CT molecular complexity index is 995. The predicted octanol–water partition coefficient (Wildman–Crippen LogP) is 1.86. The number of ether oxygens (including phenoxy) is 1. The van der Waals surface area contributed by atoms with Crippen LogP contribution in [0.3, 0.4) is 0 Å². The maximum Gasteiger partial charge on any atom is 0.293 e. The average molecular weight is 396 g/mol. The topological polar surface area (TPSA) is 76.4 Å². The lowest BCUT2D eigenvalue weighted by Gasteiger charge is -2.31. The van der Waals surface area contributed by atoms with Crippen molar-refractivity contribution in [3.05, 3.63) is 54.2 Å². The highest BCUT2D eigenvalue weighted by Crippen LogP contribution is 2.23. The fourth-order valence-corrected chi connectivity index (χ4v) is 3.14. The summed E-state index contributed by atoms with van der Waals surface area (Å²) in [7, 11) is 3.56. The van der Waals surface area contributed by atoms with E-state index in [1.54, 1.807) is 40.0 Å². The Balaban J connectivity index is 1.73. The molecule has 0 atom stereocenters. The van der Waals surface area contributed by atoms with E-state index in [1.165, 1.54) is 19.2 Å². The number of hydrogen-bond donors (Lipinski definition) is 0. The highest BCUT2D eigenvalue weighted by molar-refractivity contribution is 5.91. The predicted molar refractivity (Wildman–Crippen MR) is 105 cm³/mol. The number of methoxy groups -OCH3 is 1. The summed E-state index contributed by atoms with van der Waals surface area (Å²) in [6.07, 6.45) is 1.59. The molecular weight excluding hydrogens is 375 g/mol. The second-order valence-electron chi connectivity index (χ2n) is 6.83. The van der Waals surface area contributed by atoms with Crippen molar-refractivity contribution < 1.29 is 13.9 Å². The first-order chi connectivity index (χ1) is 14.0. The molecule has 3 aromatic rings. The second-order valence-corrected chi connectivity index (χ2v) is 6.83. The van der Waals surface area contributed by atoms with Gasteiger partial charge in [-0.2, -0.15) is 0 Å². The number of nitrogens with zero attached hydrogens (tertiary/aromatic N) is 6. The van der Waals surface area contributed by atoms with Crippen LogP contribution in [-0.4, -0.2) is 75.8 Å². The molecule has 9 heteroatoms. The molecule has 8 nitrogen and oxygen atoms in total. The van der Waals surface area contributed by atoms with Gasteiger partial charge >= 0.3 is 0 Å². The van der Waals surface area contributed by atoms with Crippen LogP contribution in [0, 0.1) is 5.82 Å². The molecule has 0 aliphatic carbocycles. The number of piperazine rings is 1. The van der Waals surface area contributed by atoms with Crippen molar-refractivity contribution in [3.63, 3.8) is 0 Å². The van der Waals surface area contributed by atoms with Crippen LogP contribution >= 0.6 is 0 Å². The van der Waals surface area contributed by atoms with Crippen LogP contribution in [0.1, 0.15) is 10.6 Å². The van der Waals surface area contributed by atoms with Gasteiger partial charge in [-0.15, -0.1) is 5.10 Å². The van der Waals surface area contributed by atoms with Gasteiger partial charge in [-0.1, -0.05) is 0 Å². The Morgan fingerprint density at radius 2 is 1.79 bits per heavy atom. The Kier molecular flexibility index (Phi) is 5.22. The monoisotopic (exact) mass is 396 g/mol. The number of hydrogen-bond acceptors (Lipinski definition) is 6. The Morgan fingerprint density at radius 1 is 1.07 bits per heavy atom. The fourth-order valence-electron chi connectivity index (χ4n) is 3.14. The molecule has 0 radical (unpaired) electrons. The van der Waals surface area contributed by atoms with Gasteiger partial charge in [-0.25, -0.2) is 19.0 Å². The molecule has 0 bridgehead atoms. The molecular formula is C20H21FN6O2. The van der Waals surface area contributed by atoms with Gasteiger partial charge in [0.1, 0.15) is 5.82 Å². The van der Waals surface area contributed by atoms with Crippen molar-refractivity contribution in [1.82, 2.24) is 29.5 Å². The SMILES string of the molecule is COc1ccc(-n2nc(C(=O)N3CCN(C)CC3)nc2-c2ccc(F)cc2)cn1. The molecule has 1 aliphatic rings. The van der Waals surface area contributed by atoms with Gasteiger partial charge in [0.05, 0.1) is 19.0 Å². The number of pyridine rings is 1. The first-order valence-corrected chi connectivity index (χ1v) is 9.26. The lowest BCUT2D eigenvalue weighted by Crippen LogP contribution is -2.47. The van der Waals surface area contributed by atoms with Crippen LogP contribution in [0.2, 0.25) is 0 Å². The summed E-state index contributed by atoms with van der Waals surface area (Å²) < 4.78 is 20.0. The normalized spacial score (nSPS) is 14.8. The van der Waals surface area contributed by atoms with Gasteiger partial charge in [-0.3, -0.25) is 4.79 Å². The summed E-state index contributed by atoms with van der Waals surface area (Å²) in [6.45, 7) is 2.86. The highest BCUT2D eigenvalue weighted by Gasteiger charge is 2.26. The zero-order chi connectivity index (χ0) is 20.4. The van der Waals surface area contributed by atoms with E-state index in [0.717, 1.165) is 13.1 Å². The first kappa shape index (κ1) is 19.0. The third-order valence-corrected chi connectivity index (χ3v) is 4.87. The first-order valence-electron chi connectivity index (χ1n) is 9.26. The van der Waals surface area contributed by atoms with Crippen molar-refractivity contribution in [2.75, 3.05) is 40.3 Å². The lowest BCUT2D eigenvalue weighted by molar-refractivity contribution is 0.0652. The minimum Gasteiger partial charge on any atom is -0.481 e. The van der Waals surface area contributed by atoms with Gasteiger partial charge in [0.15, 0.2) is 5.82 Å². The van der Waals surface area contributed by atoms with Crippen molar-refractivity contribution >= 4 is 5.91 Å². The third kappa shape index (κ3) is 3.95. The number of carbonyl (C=O) groups is 1. The summed E-state index contributed by atoms with van der Waals surface area (Å²) in [4.78, 5) is 25.6. The number of benzene rings is 1. The van der Waals surface area contributed by atoms with E-state index in [4.69, 9.17) is 4.74 Å². The number of carbonyl (C=O) groups excluding carboxylic acids is 1. The summed E-state index contributed by atoms with van der Waals surface area (Å²) in [5.74, 6) is 0.437. The van der Waals surface area contributed by atoms with Gasteiger partial charge in [-0.05, 0) is 37.4 Å². The van der Waals surface area contributed by atoms with E-state index in [1.807, 2.05) is 7.05 Å². The molecule has 1 saturated heterocycles. The summed E-state index contributed by atoms with van der Waals surface area (Å²) in [5.41, 5.74) is 1.27. The molecule has 0 spiro atoms. The number of rotatable bonds is 4. The minimum atomic E-state index is -0.348. The van der Waals surface area contributed by atoms with E-state index < -0.39 is 0 Å². The van der Waals surface area contributed by atoms with Crippen LogP contribution in [0.5, 0.6) is 5.88 Å². The molecule has 1 aromatic carbocycles. The van der Waals surface area contributed by atoms with E-state index in [-0.39, 0.29) is 17.5 Å². The Labute approximate surface area is 167 Å². The number of halogens is 1. The molecule has 1 amide bonds. The zero-order valence-corrected chi connectivity index (χ0v) is 16.2. The lowest BCUT2D eigenvalue weighted by atomic mass is 10.2. The molecule has 0 unspecified atom stereocenters. The summed E-state index contributed by atoms with van der Waals surface area (Å²) in [5, 5.41) is 4.46. The quantitative estimate of drug-likeness (QED) is 0.670. The Hall–Kier alpha value is -3.33. The van der Waals surface area contributed by atoms with Gasteiger partial charge < -0.3 is 14.5 Å². The smallest absolute Gasteiger partial charge is 0.293 e. The van der Waals surface area contributed by atoms with E-state index >= 15 is 0 Å². The third-order valence-electron chi connectivity index (χ3n) is 4.87. The standard InChI is InChI=1S/C20H21FN6O2/c1-25-9-11-26(12-10-25)20(28)18-23-19(14-3-5-15(21)6-4-14)27(24-18)16-7-8-17(29-2)22-13-16/h3-8,13H,9-12H2,1-2H3. The molecule has 4 rings (SSSR count). The maximum atomic E-state index is 13.4. The molecule has 29 heavy (non-hydrogen) atoms. The van der Waals surface area contributed by atoms with Gasteiger partial charge in [0.25, 0.3) is 5.91 Å². The van der Waals surface area contributed by atoms with Crippen LogP contribution in [0.4, 0.5) is 4.39 Å². The summed E-state index contributed by atoms with van der Waals surface area (Å²) in [6, 6.07) is 9.39. The molecule has 0 saturated carbocycles.